The van der Waals surface area contributed by atoms with E-state index in [1.54, 1.807) is 18.7 Å². The highest BCUT2D eigenvalue weighted by atomic mass is 32.2. The van der Waals surface area contributed by atoms with E-state index in [2.05, 4.69) is 5.32 Å². The molecular weight excluding hydrogens is 270 g/mol. The van der Waals surface area contributed by atoms with Crippen molar-refractivity contribution in [2.24, 2.45) is 5.73 Å². The van der Waals surface area contributed by atoms with Gasteiger partial charge in [0.05, 0.1) is 19.7 Å². The van der Waals surface area contributed by atoms with Crippen molar-refractivity contribution in [3.05, 3.63) is 0 Å². The molecule has 7 nitrogen and oxygen atoms in total. The molecule has 1 heterocycles. The number of hydrogen-bond acceptors (Lipinski definition) is 6. The van der Waals surface area contributed by atoms with Gasteiger partial charge in [0.15, 0.2) is 0 Å². The number of carbonyl (C=O) groups is 3. The van der Waals surface area contributed by atoms with Crippen LogP contribution in [0.15, 0.2) is 0 Å². The Kier molecular flexibility index (Phi) is 6.65. The molecule has 0 spiro atoms. The van der Waals surface area contributed by atoms with Gasteiger partial charge in [-0.25, -0.2) is 4.79 Å². The van der Waals surface area contributed by atoms with Crippen LogP contribution in [0, 0.1) is 0 Å². The standard InChI is InChI=1S/C11H19N3O4S/c1-2-18-11(17)8-7-19-4-3-14(8)10(16)6-13-9(15)5-12/h8H,2-7,12H2,1H3,(H,13,15). The lowest BCUT2D eigenvalue weighted by molar-refractivity contribution is -0.153. The second-order valence-electron chi connectivity index (χ2n) is 3.91. The van der Waals surface area contributed by atoms with E-state index in [1.807, 2.05) is 0 Å². The van der Waals surface area contributed by atoms with Gasteiger partial charge in [0.25, 0.3) is 0 Å². The Morgan fingerprint density at radius 1 is 1.47 bits per heavy atom. The number of ether oxygens (including phenoxy) is 1. The maximum absolute atomic E-state index is 12.0. The summed E-state index contributed by atoms with van der Waals surface area (Å²) >= 11 is 1.61. The highest BCUT2D eigenvalue weighted by Crippen LogP contribution is 2.17. The molecule has 0 saturated carbocycles. The molecular formula is C11H19N3O4S. The summed E-state index contributed by atoms with van der Waals surface area (Å²) in [7, 11) is 0. The zero-order chi connectivity index (χ0) is 14.3. The van der Waals surface area contributed by atoms with Crippen LogP contribution in [0.25, 0.3) is 0 Å². The number of amides is 2. The van der Waals surface area contributed by atoms with Crippen LogP contribution >= 0.6 is 11.8 Å². The van der Waals surface area contributed by atoms with Gasteiger partial charge in [0.2, 0.25) is 11.8 Å². The molecule has 0 aromatic carbocycles. The lowest BCUT2D eigenvalue weighted by Crippen LogP contribution is -2.53. The van der Waals surface area contributed by atoms with Crippen molar-refractivity contribution < 1.29 is 19.1 Å². The fraction of sp³-hybridized carbons (Fsp3) is 0.727. The Morgan fingerprint density at radius 2 is 2.21 bits per heavy atom. The highest BCUT2D eigenvalue weighted by molar-refractivity contribution is 7.99. The first kappa shape index (κ1) is 15.8. The number of hydrogen-bond donors (Lipinski definition) is 2. The molecule has 0 bridgehead atoms. The predicted octanol–water partition coefficient (Wildman–Crippen LogP) is -1.43. The molecule has 2 amide bonds. The average molecular weight is 289 g/mol. The molecule has 1 rings (SSSR count). The van der Waals surface area contributed by atoms with Gasteiger partial charge < -0.3 is 20.7 Å². The smallest absolute Gasteiger partial charge is 0.329 e. The molecule has 0 radical (unpaired) electrons. The highest BCUT2D eigenvalue weighted by Gasteiger charge is 2.33. The Morgan fingerprint density at radius 3 is 2.84 bits per heavy atom. The van der Waals surface area contributed by atoms with E-state index >= 15 is 0 Å². The fourth-order valence-corrected chi connectivity index (χ4v) is 2.72. The molecule has 108 valence electrons. The normalized spacial score (nSPS) is 18.8. The van der Waals surface area contributed by atoms with Crippen molar-refractivity contribution in [3.63, 3.8) is 0 Å². The quantitative estimate of drug-likeness (QED) is 0.602. The summed E-state index contributed by atoms with van der Waals surface area (Å²) in [5.41, 5.74) is 5.14. The minimum atomic E-state index is -0.569. The lowest BCUT2D eigenvalue weighted by atomic mass is 10.2. The van der Waals surface area contributed by atoms with Crippen molar-refractivity contribution in [1.82, 2.24) is 10.2 Å². The van der Waals surface area contributed by atoms with Crippen molar-refractivity contribution in [2.45, 2.75) is 13.0 Å². The van der Waals surface area contributed by atoms with Gasteiger partial charge in [-0.3, -0.25) is 9.59 Å². The summed E-state index contributed by atoms with van der Waals surface area (Å²) in [5.74, 6) is 0.211. The zero-order valence-corrected chi connectivity index (χ0v) is 11.7. The number of esters is 1. The van der Waals surface area contributed by atoms with Crippen LogP contribution in [-0.2, 0) is 19.1 Å². The number of nitrogens with two attached hydrogens (primary N) is 1. The molecule has 1 aliphatic heterocycles. The van der Waals surface area contributed by atoms with E-state index in [-0.39, 0.29) is 25.6 Å². The van der Waals surface area contributed by atoms with Gasteiger partial charge in [-0.05, 0) is 6.92 Å². The molecule has 0 aromatic rings. The fourth-order valence-electron chi connectivity index (χ4n) is 1.68. The monoisotopic (exact) mass is 289 g/mol. The molecule has 0 aromatic heterocycles. The second kappa shape index (κ2) is 8.00. The van der Waals surface area contributed by atoms with Gasteiger partial charge >= 0.3 is 5.97 Å². The van der Waals surface area contributed by atoms with Crippen LogP contribution in [0.4, 0.5) is 0 Å². The zero-order valence-electron chi connectivity index (χ0n) is 10.9. The van der Waals surface area contributed by atoms with Crippen LogP contribution in [0.2, 0.25) is 0 Å². The summed E-state index contributed by atoms with van der Waals surface area (Å²) in [6, 6.07) is -0.569. The SMILES string of the molecule is CCOC(=O)C1CSCCN1C(=O)CNC(=O)CN. The number of thioether (sulfide) groups is 1. The topological polar surface area (TPSA) is 102 Å². The van der Waals surface area contributed by atoms with Crippen LogP contribution in [-0.4, -0.2) is 66.5 Å². The van der Waals surface area contributed by atoms with Crippen LogP contribution in [0.1, 0.15) is 6.92 Å². The molecule has 3 N–H and O–H groups in total. The molecule has 1 atom stereocenters. The minimum absolute atomic E-state index is 0.142. The number of nitrogens with zero attached hydrogens (tertiary/aromatic N) is 1. The maximum Gasteiger partial charge on any atom is 0.329 e. The Bertz CT molecular complexity index is 351. The third-order valence-corrected chi connectivity index (χ3v) is 3.65. The van der Waals surface area contributed by atoms with Gasteiger partial charge in [0.1, 0.15) is 6.04 Å². The summed E-state index contributed by atoms with van der Waals surface area (Å²) in [6.07, 6.45) is 0. The van der Waals surface area contributed by atoms with Gasteiger partial charge in [-0.2, -0.15) is 11.8 Å². The molecule has 1 aliphatic rings. The minimum Gasteiger partial charge on any atom is -0.464 e. The van der Waals surface area contributed by atoms with Crippen molar-refractivity contribution >= 4 is 29.5 Å². The molecule has 19 heavy (non-hydrogen) atoms. The summed E-state index contributed by atoms with van der Waals surface area (Å²) in [5, 5.41) is 2.41. The van der Waals surface area contributed by atoms with Crippen LogP contribution in [0.3, 0.4) is 0 Å². The Balaban J connectivity index is 2.58. The third-order valence-electron chi connectivity index (χ3n) is 2.63. The molecule has 0 aliphatic carbocycles. The third kappa shape index (κ3) is 4.71. The number of rotatable bonds is 5. The van der Waals surface area contributed by atoms with E-state index in [0.717, 1.165) is 5.75 Å². The molecule has 1 unspecified atom stereocenters. The van der Waals surface area contributed by atoms with Crippen molar-refractivity contribution in [1.29, 1.82) is 0 Å². The largest absolute Gasteiger partial charge is 0.464 e. The van der Waals surface area contributed by atoms with Gasteiger partial charge in [0, 0.05) is 18.1 Å². The van der Waals surface area contributed by atoms with E-state index in [9.17, 15) is 14.4 Å². The second-order valence-corrected chi connectivity index (χ2v) is 5.06. The summed E-state index contributed by atoms with van der Waals surface area (Å²) in [6.45, 7) is 2.18. The van der Waals surface area contributed by atoms with Crippen LogP contribution < -0.4 is 11.1 Å². The van der Waals surface area contributed by atoms with Gasteiger partial charge in [-0.1, -0.05) is 0 Å². The van der Waals surface area contributed by atoms with Crippen molar-refractivity contribution in [2.75, 3.05) is 37.7 Å². The van der Waals surface area contributed by atoms with E-state index in [4.69, 9.17) is 10.5 Å². The van der Waals surface area contributed by atoms with E-state index in [0.29, 0.717) is 12.3 Å². The first-order valence-corrected chi connectivity index (χ1v) is 7.26. The number of carbonyl (C=O) groups excluding carboxylic acids is 3. The number of nitrogens with one attached hydrogen (secondary N) is 1. The Hall–Kier alpha value is -1.28. The molecule has 1 saturated heterocycles. The maximum atomic E-state index is 12.0. The average Bonchev–Trinajstić information content (AvgIpc) is 2.44. The lowest BCUT2D eigenvalue weighted by Gasteiger charge is -2.33. The summed E-state index contributed by atoms with van der Waals surface area (Å²) in [4.78, 5) is 36.2. The predicted molar refractivity (Wildman–Crippen MR) is 71.5 cm³/mol. The first-order chi connectivity index (χ1) is 9.10. The molecule has 1 fully saturated rings. The summed E-state index contributed by atoms with van der Waals surface area (Å²) < 4.78 is 4.96. The van der Waals surface area contributed by atoms with Crippen molar-refractivity contribution in [3.8, 4) is 0 Å². The van der Waals surface area contributed by atoms with E-state index < -0.39 is 17.9 Å². The van der Waals surface area contributed by atoms with Crippen LogP contribution in [0.5, 0.6) is 0 Å². The van der Waals surface area contributed by atoms with E-state index in [1.165, 1.54) is 4.90 Å². The Labute approximate surface area is 116 Å². The first-order valence-electron chi connectivity index (χ1n) is 6.10. The molecule has 8 heteroatoms. The van der Waals surface area contributed by atoms with Gasteiger partial charge in [-0.15, -0.1) is 0 Å².